The molecule has 0 aliphatic carbocycles. The second-order valence-electron chi connectivity index (χ2n) is 7.87. The highest BCUT2D eigenvalue weighted by Crippen LogP contribution is 2.33. The summed E-state index contributed by atoms with van der Waals surface area (Å²) in [7, 11) is -2.35. The van der Waals surface area contributed by atoms with Crippen molar-refractivity contribution < 1.29 is 13.2 Å². The van der Waals surface area contributed by atoms with Crippen LogP contribution in [-0.2, 0) is 10.0 Å². The number of anilines is 1. The first-order chi connectivity index (χ1) is 17.5. The van der Waals surface area contributed by atoms with E-state index in [9.17, 15) is 8.42 Å². The van der Waals surface area contributed by atoms with E-state index in [1.807, 2.05) is 60.7 Å². The number of ether oxygens (including phenoxy) is 1. The Morgan fingerprint density at radius 1 is 0.639 bits per heavy atom. The van der Waals surface area contributed by atoms with E-state index >= 15 is 0 Å². The van der Waals surface area contributed by atoms with Crippen molar-refractivity contribution >= 4 is 15.7 Å². The quantitative estimate of drug-likeness (QED) is 0.313. The smallest absolute Gasteiger partial charge is 0.261 e. The van der Waals surface area contributed by atoms with Crippen molar-refractivity contribution in [3.05, 3.63) is 109 Å². The van der Waals surface area contributed by atoms with Crippen LogP contribution in [0.5, 0.6) is 5.75 Å². The van der Waals surface area contributed by atoms with Crippen LogP contribution in [-0.4, -0.2) is 30.5 Å². The zero-order valence-electron chi connectivity index (χ0n) is 19.4. The molecule has 8 heteroatoms. The average molecular weight is 495 g/mol. The first-order valence-corrected chi connectivity index (χ1v) is 12.6. The highest BCUT2D eigenvalue weighted by molar-refractivity contribution is 7.92. The molecule has 0 atom stereocenters. The summed E-state index contributed by atoms with van der Waals surface area (Å²) >= 11 is 0. The fraction of sp³-hybridized carbons (Fsp3) is 0.0357. The Morgan fingerprint density at radius 3 is 1.67 bits per heavy atom. The van der Waals surface area contributed by atoms with E-state index in [1.165, 1.54) is 19.2 Å². The average Bonchev–Trinajstić information content (AvgIpc) is 2.94. The molecule has 0 aliphatic rings. The number of methoxy groups -OCH3 is 1. The highest BCUT2D eigenvalue weighted by Gasteiger charge is 2.20. The van der Waals surface area contributed by atoms with E-state index in [0.717, 1.165) is 11.1 Å². The lowest BCUT2D eigenvalue weighted by Crippen LogP contribution is -2.14. The molecule has 0 unspecified atom stereocenters. The van der Waals surface area contributed by atoms with E-state index in [4.69, 9.17) is 19.7 Å². The predicted molar refractivity (Wildman–Crippen MR) is 140 cm³/mol. The third-order valence-electron chi connectivity index (χ3n) is 5.46. The second kappa shape index (κ2) is 9.97. The largest absolute Gasteiger partial charge is 0.497 e. The van der Waals surface area contributed by atoms with Gasteiger partial charge in [0.15, 0.2) is 17.5 Å². The molecule has 7 nitrogen and oxygen atoms in total. The van der Waals surface area contributed by atoms with Gasteiger partial charge in [0.25, 0.3) is 10.0 Å². The molecule has 4 aromatic carbocycles. The Morgan fingerprint density at radius 2 is 1.14 bits per heavy atom. The van der Waals surface area contributed by atoms with Gasteiger partial charge in [-0.15, -0.1) is 0 Å². The van der Waals surface area contributed by atoms with Crippen LogP contribution in [0.1, 0.15) is 0 Å². The molecular weight excluding hydrogens is 472 g/mol. The van der Waals surface area contributed by atoms with Crippen LogP contribution in [0.25, 0.3) is 34.2 Å². The molecular formula is C28H22N4O3S. The Balaban J connectivity index is 1.68. The van der Waals surface area contributed by atoms with Gasteiger partial charge >= 0.3 is 0 Å². The summed E-state index contributed by atoms with van der Waals surface area (Å²) in [6, 6.07) is 32.4. The molecule has 0 saturated carbocycles. The van der Waals surface area contributed by atoms with Gasteiger partial charge in [-0.3, -0.25) is 4.72 Å². The van der Waals surface area contributed by atoms with Gasteiger partial charge in [0.1, 0.15) is 5.75 Å². The van der Waals surface area contributed by atoms with E-state index in [2.05, 4.69) is 4.72 Å². The Kier molecular flexibility index (Phi) is 6.42. The first-order valence-electron chi connectivity index (χ1n) is 11.2. The Bertz CT molecular complexity index is 1540. The van der Waals surface area contributed by atoms with Crippen LogP contribution < -0.4 is 9.46 Å². The van der Waals surface area contributed by atoms with Crippen LogP contribution in [0.2, 0.25) is 0 Å². The molecule has 5 rings (SSSR count). The SMILES string of the molecule is COc1ccc(-c2nc(-c3ccccc3)nc(-c3ccccc3)n2)c(NS(=O)(=O)c2ccccc2)c1. The maximum absolute atomic E-state index is 13.2. The van der Waals surface area contributed by atoms with E-state index in [1.54, 1.807) is 36.4 Å². The summed E-state index contributed by atoms with van der Waals surface area (Å²) < 4.78 is 34.4. The van der Waals surface area contributed by atoms with Gasteiger partial charge in [-0.05, 0) is 24.3 Å². The van der Waals surface area contributed by atoms with Gasteiger partial charge in [0, 0.05) is 22.8 Å². The minimum absolute atomic E-state index is 0.143. The second-order valence-corrected chi connectivity index (χ2v) is 9.55. The highest BCUT2D eigenvalue weighted by atomic mass is 32.2. The van der Waals surface area contributed by atoms with Crippen LogP contribution >= 0.6 is 0 Å². The number of hydrogen-bond acceptors (Lipinski definition) is 6. The molecule has 5 aromatic rings. The van der Waals surface area contributed by atoms with E-state index in [-0.39, 0.29) is 4.90 Å². The Hall–Kier alpha value is -4.56. The van der Waals surface area contributed by atoms with Gasteiger partial charge < -0.3 is 4.74 Å². The summed E-state index contributed by atoms with van der Waals surface area (Å²) in [5, 5.41) is 0. The fourth-order valence-corrected chi connectivity index (χ4v) is 4.75. The molecule has 0 fully saturated rings. The van der Waals surface area contributed by atoms with Gasteiger partial charge in [-0.25, -0.2) is 23.4 Å². The molecule has 36 heavy (non-hydrogen) atoms. The lowest BCUT2D eigenvalue weighted by molar-refractivity contribution is 0.415. The van der Waals surface area contributed by atoms with Gasteiger partial charge in [0.05, 0.1) is 17.7 Å². The van der Waals surface area contributed by atoms with Crippen molar-refractivity contribution in [2.45, 2.75) is 4.90 Å². The van der Waals surface area contributed by atoms with Crippen LogP contribution in [0.3, 0.4) is 0 Å². The Labute approximate surface area is 209 Å². The molecule has 1 N–H and O–H groups in total. The lowest BCUT2D eigenvalue weighted by Gasteiger charge is -2.15. The minimum Gasteiger partial charge on any atom is -0.497 e. The summed E-state index contributed by atoms with van der Waals surface area (Å²) in [4.78, 5) is 14.3. The summed E-state index contributed by atoms with van der Waals surface area (Å²) in [5.41, 5.74) is 2.42. The maximum atomic E-state index is 13.2. The van der Waals surface area contributed by atoms with Crippen molar-refractivity contribution in [3.63, 3.8) is 0 Å². The zero-order valence-corrected chi connectivity index (χ0v) is 20.2. The summed E-state index contributed by atoms with van der Waals surface area (Å²) in [6.07, 6.45) is 0. The molecule has 1 heterocycles. The summed E-state index contributed by atoms with van der Waals surface area (Å²) in [6.45, 7) is 0. The number of hydrogen-bond donors (Lipinski definition) is 1. The standard InChI is InChI=1S/C28H22N4O3S/c1-35-22-17-18-24(25(19-22)32-36(33,34)23-15-9-4-10-16-23)28-30-26(20-11-5-2-6-12-20)29-27(31-28)21-13-7-3-8-14-21/h2-19,32H,1H3. The van der Waals surface area contributed by atoms with Crippen LogP contribution in [0.15, 0.2) is 114 Å². The normalized spacial score (nSPS) is 11.1. The van der Waals surface area contributed by atoms with Crippen molar-refractivity contribution in [3.8, 4) is 39.9 Å². The molecule has 0 bridgehead atoms. The number of nitrogens with one attached hydrogen (secondary N) is 1. The zero-order chi connectivity index (χ0) is 25.0. The minimum atomic E-state index is -3.87. The first kappa shape index (κ1) is 23.2. The molecule has 178 valence electrons. The predicted octanol–water partition coefficient (Wildman–Crippen LogP) is 5.68. The van der Waals surface area contributed by atoms with Gasteiger partial charge in [-0.2, -0.15) is 0 Å². The monoisotopic (exact) mass is 494 g/mol. The fourth-order valence-electron chi connectivity index (χ4n) is 3.66. The molecule has 0 radical (unpaired) electrons. The lowest BCUT2D eigenvalue weighted by atomic mass is 10.1. The van der Waals surface area contributed by atoms with Crippen molar-refractivity contribution in [1.29, 1.82) is 0 Å². The molecule has 0 spiro atoms. The topological polar surface area (TPSA) is 94.1 Å². The van der Waals surface area contributed by atoms with E-state index < -0.39 is 10.0 Å². The molecule has 1 aromatic heterocycles. The number of rotatable bonds is 7. The van der Waals surface area contributed by atoms with Crippen LogP contribution in [0, 0.1) is 0 Å². The van der Waals surface area contributed by atoms with Gasteiger partial charge in [0.2, 0.25) is 0 Å². The van der Waals surface area contributed by atoms with Crippen molar-refractivity contribution in [2.24, 2.45) is 0 Å². The van der Waals surface area contributed by atoms with Crippen molar-refractivity contribution in [1.82, 2.24) is 15.0 Å². The number of aromatic nitrogens is 3. The maximum Gasteiger partial charge on any atom is 0.261 e. The number of sulfonamides is 1. The molecule has 0 saturated heterocycles. The van der Waals surface area contributed by atoms with Crippen molar-refractivity contribution in [2.75, 3.05) is 11.8 Å². The van der Waals surface area contributed by atoms with E-state index in [0.29, 0.717) is 34.5 Å². The van der Waals surface area contributed by atoms with Crippen LogP contribution in [0.4, 0.5) is 5.69 Å². The third kappa shape index (κ3) is 4.94. The number of nitrogens with zero attached hydrogens (tertiary/aromatic N) is 3. The molecule has 0 amide bonds. The molecule has 0 aliphatic heterocycles. The summed E-state index contributed by atoms with van der Waals surface area (Å²) in [5.74, 6) is 1.78. The van der Waals surface area contributed by atoms with Gasteiger partial charge in [-0.1, -0.05) is 78.9 Å². The third-order valence-corrected chi connectivity index (χ3v) is 6.85. The number of benzene rings is 4.